The van der Waals surface area contributed by atoms with Crippen molar-refractivity contribution in [1.29, 1.82) is 0 Å². The maximum atomic E-state index is 12.7. The van der Waals surface area contributed by atoms with Gasteiger partial charge in [0.25, 0.3) is 0 Å². The van der Waals surface area contributed by atoms with Gasteiger partial charge in [-0.15, -0.1) is 11.8 Å². The fraction of sp³-hybridized carbons (Fsp3) is 0.235. The fourth-order valence-corrected chi connectivity index (χ4v) is 2.59. The lowest BCUT2D eigenvalue weighted by Crippen LogP contribution is -2.29. The van der Waals surface area contributed by atoms with Crippen LogP contribution in [0, 0.1) is 5.82 Å². The van der Waals surface area contributed by atoms with E-state index < -0.39 is 0 Å². The van der Waals surface area contributed by atoms with Gasteiger partial charge in [-0.05, 0) is 29.8 Å². The predicted molar refractivity (Wildman–Crippen MR) is 87.5 cm³/mol. The number of halogens is 1. The van der Waals surface area contributed by atoms with Gasteiger partial charge in [0.1, 0.15) is 18.2 Å². The van der Waals surface area contributed by atoms with Crippen molar-refractivity contribution in [1.82, 2.24) is 5.32 Å². The monoisotopic (exact) mass is 319 g/mol. The van der Waals surface area contributed by atoms with Crippen molar-refractivity contribution in [3.8, 4) is 5.75 Å². The van der Waals surface area contributed by atoms with E-state index in [9.17, 15) is 9.18 Å². The Bertz CT molecular complexity index is 575. The third kappa shape index (κ3) is 6.18. The van der Waals surface area contributed by atoms with Crippen LogP contribution in [0.15, 0.2) is 54.6 Å². The average Bonchev–Trinajstić information content (AvgIpc) is 2.54. The first kappa shape index (κ1) is 16.4. The normalized spacial score (nSPS) is 10.2. The Labute approximate surface area is 133 Å². The molecule has 0 fully saturated rings. The lowest BCUT2D eigenvalue weighted by atomic mass is 10.2. The van der Waals surface area contributed by atoms with E-state index in [1.54, 1.807) is 12.1 Å². The second-order valence-corrected chi connectivity index (χ2v) is 5.62. The summed E-state index contributed by atoms with van der Waals surface area (Å²) >= 11 is 1.50. The summed E-state index contributed by atoms with van der Waals surface area (Å²) in [4.78, 5) is 11.7. The van der Waals surface area contributed by atoms with Crippen molar-refractivity contribution in [2.24, 2.45) is 0 Å². The number of thioether (sulfide) groups is 1. The highest BCUT2D eigenvalue weighted by Crippen LogP contribution is 2.12. The molecule has 3 nitrogen and oxygen atoms in total. The van der Waals surface area contributed by atoms with Crippen LogP contribution in [0.3, 0.4) is 0 Å². The van der Waals surface area contributed by atoms with E-state index in [2.05, 4.69) is 5.32 Å². The first-order valence-electron chi connectivity index (χ1n) is 7.01. The summed E-state index contributed by atoms with van der Waals surface area (Å²) in [5.74, 6) is 1.59. The van der Waals surface area contributed by atoms with Gasteiger partial charge in [0.05, 0.1) is 12.3 Å². The zero-order chi connectivity index (χ0) is 15.6. The van der Waals surface area contributed by atoms with Crippen LogP contribution in [0.25, 0.3) is 0 Å². The van der Waals surface area contributed by atoms with Crippen molar-refractivity contribution >= 4 is 17.7 Å². The largest absolute Gasteiger partial charge is 0.492 e. The number of rotatable bonds is 8. The zero-order valence-electron chi connectivity index (χ0n) is 12.1. The van der Waals surface area contributed by atoms with Crippen molar-refractivity contribution in [2.75, 3.05) is 18.9 Å². The van der Waals surface area contributed by atoms with Crippen LogP contribution in [-0.2, 0) is 10.5 Å². The van der Waals surface area contributed by atoms with E-state index >= 15 is 0 Å². The van der Waals surface area contributed by atoms with Gasteiger partial charge in [-0.2, -0.15) is 0 Å². The second kappa shape index (κ2) is 9.10. The number of benzene rings is 2. The van der Waals surface area contributed by atoms with E-state index in [0.717, 1.165) is 11.3 Å². The molecule has 0 aliphatic rings. The first-order valence-corrected chi connectivity index (χ1v) is 8.16. The minimum absolute atomic E-state index is 0.0243. The molecule has 0 saturated heterocycles. The molecule has 0 unspecified atom stereocenters. The van der Waals surface area contributed by atoms with Crippen LogP contribution in [0.4, 0.5) is 4.39 Å². The van der Waals surface area contributed by atoms with Crippen molar-refractivity contribution in [3.63, 3.8) is 0 Å². The summed E-state index contributed by atoms with van der Waals surface area (Å²) in [5, 5.41) is 2.80. The zero-order valence-corrected chi connectivity index (χ0v) is 12.9. The summed E-state index contributed by atoms with van der Waals surface area (Å²) < 4.78 is 18.2. The molecule has 1 amide bonds. The minimum Gasteiger partial charge on any atom is -0.492 e. The number of hydrogen-bond acceptors (Lipinski definition) is 3. The Hall–Kier alpha value is -2.01. The lowest BCUT2D eigenvalue weighted by Gasteiger charge is -2.07. The number of para-hydroxylation sites is 1. The molecular formula is C17H18FNO2S. The van der Waals surface area contributed by atoms with Gasteiger partial charge in [-0.25, -0.2) is 4.39 Å². The number of amides is 1. The number of nitrogens with one attached hydrogen (secondary N) is 1. The smallest absolute Gasteiger partial charge is 0.230 e. The molecule has 1 N–H and O–H groups in total. The molecule has 116 valence electrons. The molecule has 0 atom stereocenters. The van der Waals surface area contributed by atoms with Crippen LogP contribution >= 0.6 is 11.8 Å². The summed E-state index contributed by atoms with van der Waals surface area (Å²) in [6.45, 7) is 0.920. The SMILES string of the molecule is O=C(CSCc1ccc(F)cc1)NCCOc1ccccc1. The Morgan fingerprint density at radius 2 is 1.82 bits per heavy atom. The molecule has 0 radical (unpaired) electrons. The molecule has 0 aliphatic carbocycles. The van der Waals surface area contributed by atoms with Crippen LogP contribution in [-0.4, -0.2) is 24.8 Å². The van der Waals surface area contributed by atoms with Gasteiger partial charge < -0.3 is 10.1 Å². The number of hydrogen-bond donors (Lipinski definition) is 1. The van der Waals surface area contributed by atoms with Crippen molar-refractivity contribution in [3.05, 3.63) is 66.0 Å². The number of ether oxygens (including phenoxy) is 1. The lowest BCUT2D eigenvalue weighted by molar-refractivity contribution is -0.118. The Morgan fingerprint density at radius 1 is 1.09 bits per heavy atom. The first-order chi connectivity index (χ1) is 10.7. The maximum Gasteiger partial charge on any atom is 0.230 e. The van der Waals surface area contributed by atoms with Crippen LogP contribution in [0.5, 0.6) is 5.75 Å². The Kier molecular flexibility index (Phi) is 6.77. The van der Waals surface area contributed by atoms with Gasteiger partial charge >= 0.3 is 0 Å². The van der Waals surface area contributed by atoms with Gasteiger partial charge in [0, 0.05) is 5.75 Å². The van der Waals surface area contributed by atoms with Gasteiger partial charge in [0.2, 0.25) is 5.91 Å². The summed E-state index contributed by atoms with van der Waals surface area (Å²) in [7, 11) is 0. The molecule has 0 saturated carbocycles. The van der Waals surface area contributed by atoms with Gasteiger partial charge in [0.15, 0.2) is 0 Å². The molecule has 0 spiro atoms. The summed E-state index contributed by atoms with van der Waals surface area (Å²) in [6.07, 6.45) is 0. The van der Waals surface area contributed by atoms with Crippen LogP contribution < -0.4 is 10.1 Å². The highest BCUT2D eigenvalue weighted by Gasteiger charge is 2.02. The van der Waals surface area contributed by atoms with Crippen molar-refractivity contribution < 1.29 is 13.9 Å². The highest BCUT2D eigenvalue weighted by atomic mass is 32.2. The molecule has 22 heavy (non-hydrogen) atoms. The number of carbonyl (C=O) groups is 1. The molecule has 2 rings (SSSR count). The maximum absolute atomic E-state index is 12.7. The predicted octanol–water partition coefficient (Wildman–Crippen LogP) is 3.25. The Morgan fingerprint density at radius 3 is 2.55 bits per heavy atom. The fourth-order valence-electron chi connectivity index (χ4n) is 1.77. The molecule has 2 aromatic carbocycles. The second-order valence-electron chi connectivity index (χ2n) is 4.63. The van der Waals surface area contributed by atoms with Crippen LogP contribution in [0.1, 0.15) is 5.56 Å². The van der Waals surface area contributed by atoms with E-state index in [1.165, 1.54) is 23.9 Å². The molecule has 0 aliphatic heterocycles. The third-order valence-corrected chi connectivity index (χ3v) is 3.86. The molecule has 2 aromatic rings. The quantitative estimate of drug-likeness (QED) is 0.759. The molecule has 0 aromatic heterocycles. The Balaban J connectivity index is 1.55. The topological polar surface area (TPSA) is 38.3 Å². The van der Waals surface area contributed by atoms with Gasteiger partial charge in [-0.1, -0.05) is 30.3 Å². The van der Waals surface area contributed by atoms with E-state index in [1.807, 2.05) is 30.3 Å². The van der Waals surface area contributed by atoms with Crippen LogP contribution in [0.2, 0.25) is 0 Å². The third-order valence-electron chi connectivity index (χ3n) is 2.85. The standard InChI is InChI=1S/C17H18FNO2S/c18-15-8-6-14(7-9-15)12-22-13-17(20)19-10-11-21-16-4-2-1-3-5-16/h1-9H,10-13H2,(H,19,20). The van der Waals surface area contributed by atoms with E-state index in [0.29, 0.717) is 24.7 Å². The highest BCUT2D eigenvalue weighted by molar-refractivity contribution is 7.99. The summed E-state index contributed by atoms with van der Waals surface area (Å²) in [6, 6.07) is 15.8. The molecule has 0 heterocycles. The molecular weight excluding hydrogens is 301 g/mol. The number of carbonyl (C=O) groups excluding carboxylic acids is 1. The van der Waals surface area contributed by atoms with Gasteiger partial charge in [-0.3, -0.25) is 4.79 Å². The van der Waals surface area contributed by atoms with Crippen molar-refractivity contribution in [2.45, 2.75) is 5.75 Å². The van der Waals surface area contributed by atoms with E-state index in [4.69, 9.17) is 4.74 Å². The van der Waals surface area contributed by atoms with E-state index in [-0.39, 0.29) is 11.7 Å². The minimum atomic E-state index is -0.245. The molecule has 0 bridgehead atoms. The average molecular weight is 319 g/mol. The molecule has 5 heteroatoms. The summed E-state index contributed by atoms with van der Waals surface area (Å²) in [5.41, 5.74) is 1.01.